The van der Waals surface area contributed by atoms with Gasteiger partial charge in [0.05, 0.1) is 12.6 Å². The number of carbonyl (C=O) groups is 2. The van der Waals surface area contributed by atoms with Crippen LogP contribution in [0.4, 0.5) is 0 Å². The predicted octanol–water partition coefficient (Wildman–Crippen LogP) is 3.40. The number of hydrogen-bond acceptors (Lipinski definition) is 4. The predicted molar refractivity (Wildman–Crippen MR) is 100 cm³/mol. The summed E-state index contributed by atoms with van der Waals surface area (Å²) in [7, 11) is 1.29. The molecule has 0 radical (unpaired) electrons. The maximum atomic E-state index is 12.6. The van der Waals surface area contributed by atoms with E-state index in [-0.39, 0.29) is 12.1 Å². The number of nitrogens with zero attached hydrogens (tertiary/aromatic N) is 1. The molecule has 0 bridgehead atoms. The van der Waals surface area contributed by atoms with Gasteiger partial charge in [0, 0.05) is 16.8 Å². The molecule has 6 heteroatoms. The minimum Gasteiger partial charge on any atom is -0.467 e. The fourth-order valence-electron chi connectivity index (χ4n) is 2.66. The Hall–Kier alpha value is -2.92. The average Bonchev–Trinajstić information content (AvgIpc) is 2.66. The van der Waals surface area contributed by atoms with Crippen LogP contribution in [0.2, 0.25) is 5.02 Å². The molecule has 26 heavy (non-hydrogen) atoms. The Kier molecular flexibility index (Phi) is 5.49. The summed E-state index contributed by atoms with van der Waals surface area (Å²) in [6.45, 7) is 0. The van der Waals surface area contributed by atoms with E-state index in [1.165, 1.54) is 7.11 Å². The zero-order valence-electron chi connectivity index (χ0n) is 14.1. The van der Waals surface area contributed by atoms with Crippen molar-refractivity contribution in [1.29, 1.82) is 0 Å². The van der Waals surface area contributed by atoms with E-state index in [2.05, 4.69) is 10.3 Å². The monoisotopic (exact) mass is 368 g/mol. The number of halogens is 1. The van der Waals surface area contributed by atoms with Gasteiger partial charge in [-0.2, -0.15) is 0 Å². The molecule has 5 nitrogen and oxygen atoms in total. The molecular formula is C20H17ClN2O3. The molecule has 3 aromatic rings. The SMILES string of the molecule is COC(=O)[C@@H](Cc1cccc(Cl)c1)NC(=O)c1ccc2ccccc2n1. The molecule has 1 heterocycles. The number of rotatable bonds is 5. The highest BCUT2D eigenvalue weighted by atomic mass is 35.5. The molecule has 0 unspecified atom stereocenters. The van der Waals surface area contributed by atoms with Crippen molar-refractivity contribution in [3.8, 4) is 0 Å². The van der Waals surface area contributed by atoms with Crippen molar-refractivity contribution in [3.63, 3.8) is 0 Å². The van der Waals surface area contributed by atoms with Crippen molar-refractivity contribution in [2.75, 3.05) is 7.11 Å². The van der Waals surface area contributed by atoms with Crippen molar-refractivity contribution in [3.05, 3.63) is 76.9 Å². The Balaban J connectivity index is 1.80. The molecule has 2 aromatic carbocycles. The van der Waals surface area contributed by atoms with Gasteiger partial charge in [0.2, 0.25) is 0 Å². The van der Waals surface area contributed by atoms with E-state index in [9.17, 15) is 9.59 Å². The number of pyridine rings is 1. The largest absolute Gasteiger partial charge is 0.467 e. The fraction of sp³-hybridized carbons (Fsp3) is 0.150. The number of amides is 1. The van der Waals surface area contributed by atoms with Crippen molar-refractivity contribution in [2.45, 2.75) is 12.5 Å². The van der Waals surface area contributed by atoms with Gasteiger partial charge in [0.25, 0.3) is 5.91 Å². The third kappa shape index (κ3) is 4.18. The van der Waals surface area contributed by atoms with Crippen LogP contribution in [0.15, 0.2) is 60.7 Å². The highest BCUT2D eigenvalue weighted by molar-refractivity contribution is 6.30. The van der Waals surface area contributed by atoms with Crippen LogP contribution >= 0.6 is 11.6 Å². The number of aromatic nitrogens is 1. The van der Waals surface area contributed by atoms with Crippen LogP contribution in [0, 0.1) is 0 Å². The molecule has 0 aliphatic rings. The van der Waals surface area contributed by atoms with E-state index in [4.69, 9.17) is 16.3 Å². The normalized spacial score (nSPS) is 11.8. The maximum absolute atomic E-state index is 12.6. The van der Waals surface area contributed by atoms with Gasteiger partial charge < -0.3 is 10.1 Å². The number of fused-ring (bicyclic) bond motifs is 1. The van der Waals surface area contributed by atoms with Crippen LogP contribution < -0.4 is 5.32 Å². The summed E-state index contributed by atoms with van der Waals surface area (Å²) in [5.41, 5.74) is 1.77. The number of ether oxygens (including phenoxy) is 1. The summed E-state index contributed by atoms with van der Waals surface area (Å²) in [6, 6.07) is 17.2. The van der Waals surface area contributed by atoms with Gasteiger partial charge in [-0.15, -0.1) is 0 Å². The summed E-state index contributed by atoms with van der Waals surface area (Å²) < 4.78 is 4.81. The zero-order chi connectivity index (χ0) is 18.5. The number of nitrogens with one attached hydrogen (secondary N) is 1. The second kappa shape index (κ2) is 7.97. The molecule has 1 aromatic heterocycles. The summed E-state index contributed by atoms with van der Waals surface area (Å²) in [6.07, 6.45) is 0.270. The Morgan fingerprint density at radius 2 is 1.92 bits per heavy atom. The van der Waals surface area contributed by atoms with Crippen molar-refractivity contribution >= 4 is 34.4 Å². The Morgan fingerprint density at radius 1 is 1.12 bits per heavy atom. The molecule has 1 atom stereocenters. The van der Waals surface area contributed by atoms with Crippen LogP contribution in [0.1, 0.15) is 16.1 Å². The first kappa shape index (κ1) is 17.9. The van der Waals surface area contributed by atoms with Gasteiger partial charge >= 0.3 is 5.97 Å². The molecular weight excluding hydrogens is 352 g/mol. The Bertz CT molecular complexity index is 958. The quantitative estimate of drug-likeness (QED) is 0.701. The van der Waals surface area contributed by atoms with Crippen molar-refractivity contribution in [1.82, 2.24) is 10.3 Å². The van der Waals surface area contributed by atoms with Gasteiger partial charge in [0.15, 0.2) is 0 Å². The average molecular weight is 369 g/mol. The lowest BCUT2D eigenvalue weighted by molar-refractivity contribution is -0.142. The summed E-state index contributed by atoms with van der Waals surface area (Å²) in [5.74, 6) is -0.965. The van der Waals surface area contributed by atoms with E-state index in [0.29, 0.717) is 10.5 Å². The van der Waals surface area contributed by atoms with Gasteiger partial charge in [-0.25, -0.2) is 9.78 Å². The van der Waals surface area contributed by atoms with Crippen LogP contribution in [-0.4, -0.2) is 30.0 Å². The van der Waals surface area contributed by atoms with Gasteiger partial charge in [0.1, 0.15) is 11.7 Å². The van der Waals surface area contributed by atoms with E-state index in [0.717, 1.165) is 10.9 Å². The van der Waals surface area contributed by atoms with Crippen LogP contribution in [0.25, 0.3) is 10.9 Å². The Morgan fingerprint density at radius 3 is 2.69 bits per heavy atom. The summed E-state index contributed by atoms with van der Waals surface area (Å²) in [4.78, 5) is 29.0. The molecule has 3 rings (SSSR count). The minimum atomic E-state index is -0.834. The molecule has 1 amide bonds. The van der Waals surface area contributed by atoms with Crippen LogP contribution in [0.5, 0.6) is 0 Å². The Labute approximate surface area is 156 Å². The number of para-hydroxylation sites is 1. The van der Waals surface area contributed by atoms with Gasteiger partial charge in [-0.3, -0.25) is 4.79 Å². The van der Waals surface area contributed by atoms with E-state index < -0.39 is 17.9 Å². The van der Waals surface area contributed by atoms with Crippen LogP contribution in [0.3, 0.4) is 0 Å². The third-order valence-electron chi connectivity index (χ3n) is 3.95. The van der Waals surface area contributed by atoms with Gasteiger partial charge in [-0.05, 0) is 29.8 Å². The molecule has 0 spiro atoms. The second-order valence-corrected chi connectivity index (χ2v) is 6.21. The molecule has 0 fully saturated rings. The van der Waals surface area contributed by atoms with Crippen LogP contribution in [-0.2, 0) is 16.0 Å². The number of benzene rings is 2. The highest BCUT2D eigenvalue weighted by Gasteiger charge is 2.23. The van der Waals surface area contributed by atoms with E-state index in [1.54, 1.807) is 24.3 Å². The molecule has 0 aliphatic heterocycles. The molecule has 0 saturated heterocycles. The zero-order valence-corrected chi connectivity index (χ0v) is 14.9. The lowest BCUT2D eigenvalue weighted by Crippen LogP contribution is -2.43. The second-order valence-electron chi connectivity index (χ2n) is 5.77. The van der Waals surface area contributed by atoms with Crippen molar-refractivity contribution < 1.29 is 14.3 Å². The first-order valence-electron chi connectivity index (χ1n) is 8.06. The smallest absolute Gasteiger partial charge is 0.328 e. The van der Waals surface area contributed by atoms with E-state index >= 15 is 0 Å². The molecule has 0 saturated carbocycles. The van der Waals surface area contributed by atoms with Gasteiger partial charge in [-0.1, -0.05) is 48.0 Å². The standard InChI is InChI=1S/C20H17ClN2O3/c1-26-20(25)18(12-13-5-4-7-15(21)11-13)23-19(24)17-10-9-14-6-2-3-8-16(14)22-17/h2-11,18H,12H2,1H3,(H,23,24)/t18-/m1/s1. The number of hydrogen-bond donors (Lipinski definition) is 1. The highest BCUT2D eigenvalue weighted by Crippen LogP contribution is 2.14. The lowest BCUT2D eigenvalue weighted by atomic mass is 10.1. The summed E-state index contributed by atoms with van der Waals surface area (Å²) in [5, 5.41) is 4.20. The first-order valence-corrected chi connectivity index (χ1v) is 8.43. The topological polar surface area (TPSA) is 68.3 Å². The first-order chi connectivity index (χ1) is 12.6. The van der Waals surface area contributed by atoms with E-state index in [1.807, 2.05) is 36.4 Å². The maximum Gasteiger partial charge on any atom is 0.328 e. The molecule has 132 valence electrons. The third-order valence-corrected chi connectivity index (χ3v) is 4.19. The van der Waals surface area contributed by atoms with Crippen molar-refractivity contribution in [2.24, 2.45) is 0 Å². The summed E-state index contributed by atoms with van der Waals surface area (Å²) >= 11 is 5.99. The number of carbonyl (C=O) groups excluding carboxylic acids is 2. The molecule has 1 N–H and O–H groups in total. The fourth-order valence-corrected chi connectivity index (χ4v) is 2.87. The minimum absolute atomic E-state index is 0.240. The lowest BCUT2D eigenvalue weighted by Gasteiger charge is -2.16. The number of methoxy groups -OCH3 is 1. The molecule has 0 aliphatic carbocycles. The number of esters is 1.